The van der Waals surface area contributed by atoms with Gasteiger partial charge in [-0.05, 0) is 70.6 Å². The number of hydrogen-bond donors (Lipinski definition) is 4. The van der Waals surface area contributed by atoms with Crippen LogP contribution in [0, 0.1) is 11.8 Å². The molecule has 0 aromatic rings. The van der Waals surface area contributed by atoms with E-state index in [9.17, 15) is 34.1 Å². The monoisotopic (exact) mass is 835 g/mol. The largest absolute Gasteiger partial charge is 0.472 e. The molecular weight excluding hydrogens is 761 g/mol. The number of carbonyl (C=O) groups excluding carboxylic acids is 3. The Kier molecular flexibility index (Phi) is 31.9. The Morgan fingerprint density at radius 2 is 1.45 bits per heavy atom. The standard InChI is InChI=1S/C45H74NO11P/c1-3-5-7-8-9-10-11-12-13-14-15-16-17-18-19-20-25-29-44(50)54-36-39(37-56-58(52,53)55-34-33-46)57-45(51)30-26-22-21-24-28-40-41(43(49)35-42(40)48)32-31-38(47)27-23-6-4-2/h5,7,9-10,12-13,15-16,21,24,31-32,38-41,43,47,49H,3-4,6,8,11,14,17-20,22-23,25-30,33-37,46H2,1-2H3,(H,52,53)/b7-5-,10-9-,13-12-,16-15-,24-21-,32-31+/t38-,39+,40+,41+,43+/m0/s1. The lowest BCUT2D eigenvalue weighted by atomic mass is 9.90. The number of aliphatic hydroxyl groups excluding tert-OH is 2. The third-order valence-corrected chi connectivity index (χ3v) is 10.4. The van der Waals surface area contributed by atoms with Gasteiger partial charge >= 0.3 is 19.8 Å². The van der Waals surface area contributed by atoms with Crippen molar-refractivity contribution in [3.8, 4) is 0 Å². The molecule has 5 N–H and O–H groups in total. The molecule has 0 heterocycles. The van der Waals surface area contributed by atoms with Crippen LogP contribution in [-0.4, -0.2) is 77.5 Å². The van der Waals surface area contributed by atoms with Crippen molar-refractivity contribution < 1.29 is 52.6 Å². The van der Waals surface area contributed by atoms with Gasteiger partial charge in [-0.25, -0.2) is 4.57 Å². The summed E-state index contributed by atoms with van der Waals surface area (Å²) in [5, 5.41) is 20.7. The molecule has 1 unspecified atom stereocenters. The number of ketones is 1. The van der Waals surface area contributed by atoms with Gasteiger partial charge in [-0.3, -0.25) is 23.4 Å². The van der Waals surface area contributed by atoms with Gasteiger partial charge in [0.05, 0.1) is 25.4 Å². The van der Waals surface area contributed by atoms with Gasteiger partial charge in [-0.1, -0.05) is 119 Å². The number of carbonyl (C=O) groups is 3. The second kappa shape index (κ2) is 34.9. The van der Waals surface area contributed by atoms with E-state index in [4.69, 9.17) is 24.3 Å². The fourth-order valence-electron chi connectivity index (χ4n) is 6.19. The summed E-state index contributed by atoms with van der Waals surface area (Å²) < 4.78 is 32.7. The first-order valence-electron chi connectivity index (χ1n) is 21.5. The minimum Gasteiger partial charge on any atom is -0.462 e. The zero-order valence-electron chi connectivity index (χ0n) is 35.2. The third kappa shape index (κ3) is 28.5. The van der Waals surface area contributed by atoms with Gasteiger partial charge in [0, 0.05) is 37.6 Å². The second-order valence-electron chi connectivity index (χ2n) is 14.6. The number of unbranched alkanes of at least 4 members (excludes halogenated alkanes) is 7. The summed E-state index contributed by atoms with van der Waals surface area (Å²) in [7, 11) is -4.46. The zero-order chi connectivity index (χ0) is 42.7. The molecule has 0 aliphatic heterocycles. The normalized spacial score (nSPS) is 19.8. The Hall–Kier alpha value is -2.96. The van der Waals surface area contributed by atoms with E-state index in [1.54, 1.807) is 12.2 Å². The summed E-state index contributed by atoms with van der Waals surface area (Å²) in [6.45, 7) is 3.15. The van der Waals surface area contributed by atoms with Gasteiger partial charge in [0.1, 0.15) is 12.4 Å². The lowest BCUT2D eigenvalue weighted by Crippen LogP contribution is -2.29. The van der Waals surface area contributed by atoms with Crippen molar-refractivity contribution >= 4 is 25.5 Å². The topological polar surface area (TPSA) is 192 Å². The van der Waals surface area contributed by atoms with Crippen molar-refractivity contribution in [2.45, 2.75) is 154 Å². The maximum atomic E-state index is 12.7. The van der Waals surface area contributed by atoms with E-state index >= 15 is 0 Å². The van der Waals surface area contributed by atoms with Gasteiger partial charge in [0.15, 0.2) is 6.10 Å². The number of hydrogen-bond acceptors (Lipinski definition) is 11. The molecule has 1 fully saturated rings. The third-order valence-electron chi connectivity index (χ3n) is 9.44. The van der Waals surface area contributed by atoms with Gasteiger partial charge in [0.2, 0.25) is 0 Å². The van der Waals surface area contributed by atoms with Crippen LogP contribution in [-0.2, 0) is 37.5 Å². The van der Waals surface area contributed by atoms with E-state index in [2.05, 4.69) is 62.5 Å². The van der Waals surface area contributed by atoms with Crippen molar-refractivity contribution in [3.05, 3.63) is 72.9 Å². The van der Waals surface area contributed by atoms with E-state index in [1.165, 1.54) is 0 Å². The highest BCUT2D eigenvalue weighted by Crippen LogP contribution is 2.43. The molecule has 6 atom stereocenters. The molecule has 0 spiro atoms. The molecule has 0 amide bonds. The maximum Gasteiger partial charge on any atom is 0.472 e. The van der Waals surface area contributed by atoms with Crippen LogP contribution < -0.4 is 5.73 Å². The summed E-state index contributed by atoms with van der Waals surface area (Å²) >= 11 is 0. The Bertz CT molecular complexity index is 1340. The number of allylic oxidation sites excluding steroid dienone is 10. The van der Waals surface area contributed by atoms with Crippen LogP contribution in [0.25, 0.3) is 0 Å². The van der Waals surface area contributed by atoms with Crippen molar-refractivity contribution in [1.82, 2.24) is 0 Å². The molecule has 1 aliphatic carbocycles. The van der Waals surface area contributed by atoms with E-state index in [1.807, 2.05) is 12.2 Å². The Balaban J connectivity index is 2.44. The molecule has 13 heteroatoms. The molecule has 0 radical (unpaired) electrons. The smallest absolute Gasteiger partial charge is 0.462 e. The summed E-state index contributed by atoms with van der Waals surface area (Å²) in [4.78, 5) is 47.6. The van der Waals surface area contributed by atoms with E-state index < -0.39 is 44.7 Å². The van der Waals surface area contributed by atoms with Crippen LogP contribution >= 0.6 is 7.82 Å². The first-order valence-corrected chi connectivity index (χ1v) is 23.0. The highest BCUT2D eigenvalue weighted by Gasteiger charge is 2.39. The van der Waals surface area contributed by atoms with E-state index in [0.717, 1.165) is 70.6 Å². The van der Waals surface area contributed by atoms with Gasteiger partial charge in [-0.15, -0.1) is 0 Å². The fourth-order valence-corrected chi connectivity index (χ4v) is 6.96. The summed E-state index contributed by atoms with van der Waals surface area (Å²) in [6, 6.07) is 0. The van der Waals surface area contributed by atoms with Crippen LogP contribution in [0.5, 0.6) is 0 Å². The van der Waals surface area contributed by atoms with E-state index in [0.29, 0.717) is 32.1 Å². The highest BCUT2D eigenvalue weighted by atomic mass is 31.2. The number of rotatable bonds is 35. The molecule has 58 heavy (non-hydrogen) atoms. The molecule has 0 aromatic carbocycles. The Morgan fingerprint density at radius 1 is 0.810 bits per heavy atom. The average molecular weight is 836 g/mol. The molecule has 0 saturated heterocycles. The van der Waals surface area contributed by atoms with Gasteiger partial charge in [-0.2, -0.15) is 0 Å². The molecule has 1 rings (SSSR count). The predicted molar refractivity (Wildman–Crippen MR) is 230 cm³/mol. The highest BCUT2D eigenvalue weighted by molar-refractivity contribution is 7.47. The molecular formula is C45H74NO11P. The number of esters is 2. The summed E-state index contributed by atoms with van der Waals surface area (Å²) in [5.41, 5.74) is 5.34. The molecule has 12 nitrogen and oxygen atoms in total. The van der Waals surface area contributed by atoms with Crippen LogP contribution in [0.4, 0.5) is 0 Å². The predicted octanol–water partition coefficient (Wildman–Crippen LogP) is 8.86. The average Bonchev–Trinajstić information content (AvgIpc) is 3.47. The molecule has 0 bridgehead atoms. The Labute approximate surface area is 348 Å². The lowest BCUT2D eigenvalue weighted by Gasteiger charge is -2.19. The lowest BCUT2D eigenvalue weighted by molar-refractivity contribution is -0.161. The quantitative estimate of drug-likeness (QED) is 0.0206. The minimum atomic E-state index is -4.46. The van der Waals surface area contributed by atoms with Crippen molar-refractivity contribution in [3.63, 3.8) is 0 Å². The molecule has 0 aromatic heterocycles. The number of phosphoric ester groups is 1. The second-order valence-corrected chi connectivity index (χ2v) is 16.1. The van der Waals surface area contributed by atoms with Crippen LogP contribution in [0.2, 0.25) is 0 Å². The van der Waals surface area contributed by atoms with Gasteiger partial charge < -0.3 is 30.3 Å². The summed E-state index contributed by atoms with van der Waals surface area (Å²) in [6.07, 6.45) is 35.8. The number of Topliss-reactive ketones (excluding diaryl/α,β-unsaturated/α-hetero) is 1. The van der Waals surface area contributed by atoms with Crippen LogP contribution in [0.1, 0.15) is 136 Å². The van der Waals surface area contributed by atoms with Crippen molar-refractivity contribution in [2.75, 3.05) is 26.4 Å². The van der Waals surface area contributed by atoms with Crippen LogP contribution in [0.3, 0.4) is 0 Å². The fraction of sp³-hybridized carbons (Fsp3) is 0.667. The first-order chi connectivity index (χ1) is 28.0. The van der Waals surface area contributed by atoms with Crippen molar-refractivity contribution in [1.29, 1.82) is 0 Å². The van der Waals surface area contributed by atoms with Crippen molar-refractivity contribution in [2.24, 2.45) is 17.6 Å². The number of aliphatic hydroxyl groups is 2. The minimum absolute atomic E-state index is 0.00267. The van der Waals surface area contributed by atoms with Crippen LogP contribution in [0.15, 0.2) is 72.9 Å². The maximum absolute atomic E-state index is 12.7. The van der Waals surface area contributed by atoms with E-state index in [-0.39, 0.29) is 56.6 Å². The van der Waals surface area contributed by atoms with Gasteiger partial charge in [0.25, 0.3) is 0 Å². The molecule has 1 aliphatic rings. The zero-order valence-corrected chi connectivity index (χ0v) is 36.1. The number of nitrogens with two attached hydrogens (primary N) is 1. The first kappa shape index (κ1) is 53.1. The number of ether oxygens (including phenoxy) is 2. The molecule has 330 valence electrons. The Morgan fingerprint density at radius 3 is 2.14 bits per heavy atom. The number of phosphoric acid groups is 1. The SMILES string of the molecule is CC/C=C\C/C=C\C/C=C\C/C=C\CCCCCCC(=O)OC[C@H](COP(=O)(O)OCCN)OC(=O)CCC/C=C\C[C@H]1C(=O)C[C@@H](O)[C@@H]1/C=C/[C@@H](O)CCCCC. The summed E-state index contributed by atoms with van der Waals surface area (Å²) in [5.74, 6) is -1.82. The molecule has 1 saturated carbocycles.